The molecule has 0 amide bonds. The summed E-state index contributed by atoms with van der Waals surface area (Å²) in [5.74, 6) is 1.10. The van der Waals surface area contributed by atoms with Gasteiger partial charge in [-0.3, -0.25) is 14.4 Å². The number of hydrogen-bond acceptors (Lipinski definition) is 8. The van der Waals surface area contributed by atoms with Gasteiger partial charge in [0.05, 0.1) is 6.54 Å². The third-order valence-corrected chi connectivity index (χ3v) is 7.33. The van der Waals surface area contributed by atoms with Gasteiger partial charge in [0.25, 0.3) is 5.56 Å². The molecule has 0 spiro atoms. The van der Waals surface area contributed by atoms with Gasteiger partial charge < -0.3 is 15.5 Å². The Bertz CT molecular complexity index is 1670. The Morgan fingerprint density at radius 2 is 1.85 bits per heavy atom. The van der Waals surface area contributed by atoms with Gasteiger partial charge in [0.15, 0.2) is 5.84 Å². The minimum Gasteiger partial charge on any atom is -0.369 e. The number of pyridine rings is 1. The molecule has 0 bridgehead atoms. The average Bonchev–Trinajstić information content (AvgIpc) is 3.40. The van der Waals surface area contributed by atoms with E-state index in [4.69, 9.17) is 16.6 Å². The lowest BCUT2D eigenvalue weighted by Gasteiger charge is -2.29. The maximum absolute atomic E-state index is 13.6. The molecule has 2 N–H and O–H groups in total. The lowest BCUT2D eigenvalue weighted by Crippen LogP contribution is -2.43. The molecule has 9 nitrogen and oxygen atoms in total. The Morgan fingerprint density at radius 1 is 1.05 bits per heavy atom. The van der Waals surface area contributed by atoms with Gasteiger partial charge >= 0.3 is 0 Å². The van der Waals surface area contributed by atoms with E-state index in [1.165, 1.54) is 5.69 Å². The fourth-order valence-electron chi connectivity index (χ4n) is 4.98. The highest BCUT2D eigenvalue weighted by Gasteiger charge is 2.17. The van der Waals surface area contributed by atoms with Crippen molar-refractivity contribution in [1.82, 2.24) is 19.9 Å². The smallest absolute Gasteiger partial charge is 0.260 e. The van der Waals surface area contributed by atoms with Crippen molar-refractivity contribution in [3.8, 4) is 11.1 Å². The molecule has 4 aromatic rings. The van der Waals surface area contributed by atoms with Gasteiger partial charge in [-0.15, -0.1) is 0 Å². The van der Waals surface area contributed by atoms with Crippen molar-refractivity contribution in [1.29, 1.82) is 0 Å². The van der Waals surface area contributed by atoms with E-state index >= 15 is 0 Å². The van der Waals surface area contributed by atoms with Gasteiger partial charge in [-0.05, 0) is 50.2 Å². The summed E-state index contributed by atoms with van der Waals surface area (Å²) in [4.78, 5) is 34.1. The minimum atomic E-state index is -0.156. The van der Waals surface area contributed by atoms with Crippen LogP contribution in [0.2, 0.25) is 5.02 Å². The number of hydrogen-bond donors (Lipinski definition) is 2. The number of nitrogens with zero attached hydrogens (tertiary/aromatic N) is 6. The quantitative estimate of drug-likeness (QED) is 0.373. The second kappa shape index (κ2) is 10.6. The van der Waals surface area contributed by atoms with E-state index in [-0.39, 0.29) is 5.56 Å². The van der Waals surface area contributed by atoms with Gasteiger partial charge in [-0.2, -0.15) is 4.98 Å². The maximum Gasteiger partial charge on any atom is 0.260 e. The summed E-state index contributed by atoms with van der Waals surface area (Å²) in [6.45, 7) is 8.91. The van der Waals surface area contributed by atoms with Crippen molar-refractivity contribution in [3.63, 3.8) is 0 Å². The van der Waals surface area contributed by atoms with Crippen LogP contribution in [0.15, 0.2) is 69.5 Å². The topological polar surface area (TPSA) is 99.8 Å². The third kappa shape index (κ3) is 5.03. The molecule has 198 valence electrons. The molecule has 2 aliphatic heterocycles. The second-order valence-corrected chi connectivity index (χ2v) is 10.1. The summed E-state index contributed by atoms with van der Waals surface area (Å²) in [7, 11) is 0. The first-order chi connectivity index (χ1) is 19.0. The molecule has 6 rings (SSSR count). The van der Waals surface area contributed by atoms with Crippen LogP contribution in [0.5, 0.6) is 0 Å². The van der Waals surface area contributed by atoms with Crippen LogP contribution in [-0.2, 0) is 6.54 Å². The van der Waals surface area contributed by atoms with Crippen LogP contribution >= 0.6 is 11.6 Å². The van der Waals surface area contributed by atoms with Gasteiger partial charge in [-0.25, -0.2) is 9.98 Å². The predicted molar refractivity (Wildman–Crippen MR) is 159 cm³/mol. The van der Waals surface area contributed by atoms with Crippen molar-refractivity contribution in [3.05, 3.63) is 75.7 Å². The number of fused-ring (bicyclic) bond motifs is 1. The van der Waals surface area contributed by atoms with Crippen LogP contribution in [0.25, 0.3) is 22.2 Å². The molecule has 1 fully saturated rings. The molecule has 0 radical (unpaired) electrons. The Kier molecular flexibility index (Phi) is 6.85. The van der Waals surface area contributed by atoms with Crippen molar-refractivity contribution in [2.45, 2.75) is 20.4 Å². The van der Waals surface area contributed by atoms with Crippen molar-refractivity contribution in [2.24, 2.45) is 9.98 Å². The van der Waals surface area contributed by atoms with E-state index in [0.29, 0.717) is 46.7 Å². The second-order valence-electron chi connectivity index (χ2n) is 9.67. The summed E-state index contributed by atoms with van der Waals surface area (Å²) in [5, 5.41) is 7.88. The number of piperazine rings is 1. The molecule has 0 atom stereocenters. The molecular formula is C29H29ClN8O. The Hall–Kier alpha value is -4.08. The number of aliphatic imine (C=N–C) groups is 2. The molecule has 0 aliphatic carbocycles. The van der Waals surface area contributed by atoms with E-state index in [2.05, 4.69) is 42.6 Å². The number of nitrogens with one attached hydrogen (secondary N) is 2. The van der Waals surface area contributed by atoms with Crippen molar-refractivity contribution >= 4 is 51.5 Å². The first-order valence-electron chi connectivity index (χ1n) is 13.1. The van der Waals surface area contributed by atoms with Crippen LogP contribution in [0.4, 0.5) is 17.3 Å². The molecule has 2 aromatic heterocycles. The normalized spacial score (nSPS) is 15.4. The summed E-state index contributed by atoms with van der Waals surface area (Å²) in [6, 6.07) is 15.6. The highest BCUT2D eigenvalue weighted by Crippen LogP contribution is 2.30. The summed E-state index contributed by atoms with van der Waals surface area (Å²) in [6.07, 6.45) is 1.74. The van der Waals surface area contributed by atoms with E-state index in [0.717, 1.165) is 48.5 Å². The van der Waals surface area contributed by atoms with Crippen LogP contribution < -0.4 is 21.1 Å². The first kappa shape index (κ1) is 25.2. The minimum absolute atomic E-state index is 0.156. The molecule has 4 heterocycles. The zero-order chi connectivity index (χ0) is 26.9. The molecule has 39 heavy (non-hydrogen) atoms. The standard InChI is InChI=1S/C29H29ClN8O/c1-3-38-27-20(14-24(28(38)39)23-9-4-19(15-25(23)30)26-32-16-18(2)34-26)17-33-29(36-27)35-21-5-7-22(8-6-21)37-12-10-31-11-13-37/h4-9,14-15,17,31H,3,10-13,16H2,1-2H3,(H,33,35,36). The highest BCUT2D eigenvalue weighted by atomic mass is 35.5. The van der Waals surface area contributed by atoms with Gasteiger partial charge in [0.1, 0.15) is 5.65 Å². The fourth-order valence-corrected chi connectivity index (χ4v) is 5.26. The summed E-state index contributed by atoms with van der Waals surface area (Å²) >= 11 is 6.67. The maximum atomic E-state index is 13.6. The average molecular weight is 541 g/mol. The Labute approximate surface area is 231 Å². The van der Waals surface area contributed by atoms with Crippen LogP contribution in [-0.4, -0.2) is 58.8 Å². The molecule has 10 heteroatoms. The summed E-state index contributed by atoms with van der Waals surface area (Å²) in [5.41, 5.74) is 5.44. The van der Waals surface area contributed by atoms with E-state index in [1.54, 1.807) is 10.8 Å². The van der Waals surface area contributed by atoms with E-state index in [1.807, 2.05) is 50.2 Å². The zero-order valence-corrected chi connectivity index (χ0v) is 22.7. The van der Waals surface area contributed by atoms with Crippen LogP contribution in [0.1, 0.15) is 19.4 Å². The van der Waals surface area contributed by atoms with E-state index in [9.17, 15) is 4.79 Å². The molecule has 0 saturated carbocycles. The lowest BCUT2D eigenvalue weighted by molar-refractivity contribution is 0.589. The van der Waals surface area contributed by atoms with E-state index < -0.39 is 0 Å². The van der Waals surface area contributed by atoms with Gasteiger partial charge in [0.2, 0.25) is 5.95 Å². The van der Waals surface area contributed by atoms with Gasteiger partial charge in [-0.1, -0.05) is 23.7 Å². The molecule has 1 saturated heterocycles. The van der Waals surface area contributed by atoms with Crippen LogP contribution in [0, 0.1) is 0 Å². The monoisotopic (exact) mass is 540 g/mol. The molecular weight excluding hydrogens is 512 g/mol. The third-order valence-electron chi connectivity index (χ3n) is 7.02. The number of aromatic nitrogens is 3. The van der Waals surface area contributed by atoms with Gasteiger partial charge in [0, 0.05) is 83.1 Å². The largest absolute Gasteiger partial charge is 0.369 e. The number of amidine groups is 1. The highest BCUT2D eigenvalue weighted by molar-refractivity contribution is 6.34. The van der Waals surface area contributed by atoms with Crippen molar-refractivity contribution < 1.29 is 0 Å². The predicted octanol–water partition coefficient (Wildman–Crippen LogP) is 4.51. The number of halogens is 1. The number of anilines is 3. The molecule has 0 unspecified atom stereocenters. The Morgan fingerprint density at radius 3 is 2.54 bits per heavy atom. The number of aryl methyl sites for hydroxylation is 1. The molecule has 2 aliphatic rings. The lowest BCUT2D eigenvalue weighted by atomic mass is 10.0. The zero-order valence-electron chi connectivity index (χ0n) is 21.9. The van der Waals surface area contributed by atoms with Crippen LogP contribution in [0.3, 0.4) is 0 Å². The fraction of sp³-hybridized carbons (Fsp3) is 0.276. The molecule has 2 aromatic carbocycles. The number of benzene rings is 2. The Balaban J connectivity index is 1.30. The SMILES string of the molecule is CCn1c(=O)c(-c2ccc(C3=NCC(C)=N3)cc2Cl)cc2cnc(Nc3ccc(N4CCNCC4)cc3)nc21. The number of rotatable bonds is 6. The van der Waals surface area contributed by atoms with Crippen molar-refractivity contribution in [2.75, 3.05) is 42.9 Å². The summed E-state index contributed by atoms with van der Waals surface area (Å²) < 4.78 is 1.66. The first-order valence-corrected chi connectivity index (χ1v) is 13.5.